The van der Waals surface area contributed by atoms with Crippen molar-refractivity contribution in [1.29, 1.82) is 0 Å². The van der Waals surface area contributed by atoms with Gasteiger partial charge in [0.05, 0.1) is 26.8 Å². The Morgan fingerprint density at radius 1 is 1.18 bits per heavy atom. The number of thioether (sulfide) groups is 1. The molecule has 0 aliphatic carbocycles. The lowest BCUT2D eigenvalue weighted by Gasteiger charge is -2.12. The van der Waals surface area contributed by atoms with Gasteiger partial charge in [0.15, 0.2) is 5.17 Å². The van der Waals surface area contributed by atoms with Crippen molar-refractivity contribution < 1.29 is 19.6 Å². The Hall–Kier alpha value is -4.18. The third-order valence-corrected chi connectivity index (χ3v) is 5.91. The van der Waals surface area contributed by atoms with E-state index in [9.17, 15) is 24.8 Å². The molecule has 1 fully saturated rings. The molecule has 33 heavy (non-hydrogen) atoms. The van der Waals surface area contributed by atoms with Crippen molar-refractivity contribution >= 4 is 46.3 Å². The minimum atomic E-state index is -1.05. The highest BCUT2D eigenvalue weighted by atomic mass is 32.2. The molecule has 0 atom stereocenters. The molecule has 10 heteroatoms. The van der Waals surface area contributed by atoms with Gasteiger partial charge >= 0.3 is 5.97 Å². The highest BCUT2D eigenvalue weighted by Crippen LogP contribution is 2.34. The molecule has 0 radical (unpaired) electrons. The van der Waals surface area contributed by atoms with Gasteiger partial charge in [0.1, 0.15) is 0 Å². The van der Waals surface area contributed by atoms with Crippen LogP contribution < -0.4 is 0 Å². The first kappa shape index (κ1) is 22.0. The average molecular weight is 462 g/mol. The number of rotatable bonds is 6. The number of hydrogen-bond donors (Lipinski definition) is 1. The summed E-state index contributed by atoms with van der Waals surface area (Å²) in [5.74, 6) is -1.27. The van der Waals surface area contributed by atoms with Crippen molar-refractivity contribution in [3.05, 3.63) is 93.1 Å². The number of benzene rings is 2. The Morgan fingerprint density at radius 3 is 2.70 bits per heavy atom. The van der Waals surface area contributed by atoms with Gasteiger partial charge in [-0.1, -0.05) is 12.1 Å². The summed E-state index contributed by atoms with van der Waals surface area (Å²) in [7, 11) is 0. The number of nitro benzene ring substituents is 1. The topological polar surface area (TPSA) is 118 Å². The zero-order chi connectivity index (χ0) is 23.5. The van der Waals surface area contributed by atoms with Crippen LogP contribution in [0.5, 0.6) is 0 Å². The lowest BCUT2D eigenvalue weighted by atomic mass is 10.2. The monoisotopic (exact) mass is 462 g/mol. The van der Waals surface area contributed by atoms with Gasteiger partial charge in [-0.3, -0.25) is 19.8 Å². The SMILES string of the molecule is CCN1C(=O)/C(=C\c2cccn2-c2cccc([N+](=O)[O-])c2)SC1=Nc1cccc(C(=O)O)c1. The van der Waals surface area contributed by atoms with E-state index >= 15 is 0 Å². The third kappa shape index (κ3) is 4.55. The summed E-state index contributed by atoms with van der Waals surface area (Å²) in [4.78, 5) is 41.4. The summed E-state index contributed by atoms with van der Waals surface area (Å²) in [6.45, 7) is 2.23. The van der Waals surface area contributed by atoms with Crippen LogP contribution >= 0.6 is 11.8 Å². The lowest BCUT2D eigenvalue weighted by molar-refractivity contribution is -0.384. The molecule has 1 aliphatic heterocycles. The normalized spacial score (nSPS) is 16.0. The van der Waals surface area contributed by atoms with Gasteiger partial charge < -0.3 is 9.67 Å². The second kappa shape index (κ2) is 9.13. The van der Waals surface area contributed by atoms with E-state index in [1.165, 1.54) is 40.9 Å². The Morgan fingerprint density at radius 2 is 1.97 bits per heavy atom. The molecule has 0 saturated carbocycles. The molecule has 166 valence electrons. The van der Waals surface area contributed by atoms with E-state index in [-0.39, 0.29) is 17.2 Å². The van der Waals surface area contributed by atoms with Gasteiger partial charge in [-0.25, -0.2) is 9.79 Å². The number of amides is 1. The van der Waals surface area contributed by atoms with Crippen LogP contribution in [0.4, 0.5) is 11.4 Å². The maximum atomic E-state index is 13.0. The number of hydrogen-bond acceptors (Lipinski definition) is 6. The minimum Gasteiger partial charge on any atom is -0.478 e. The van der Waals surface area contributed by atoms with E-state index in [0.29, 0.717) is 33.7 Å². The van der Waals surface area contributed by atoms with Crippen LogP contribution in [0, 0.1) is 10.1 Å². The number of nitro groups is 1. The molecule has 0 bridgehead atoms. The number of aromatic nitrogens is 1. The van der Waals surface area contributed by atoms with Crippen molar-refractivity contribution in [2.75, 3.05) is 6.54 Å². The predicted octanol–water partition coefficient (Wildman–Crippen LogP) is 4.71. The van der Waals surface area contributed by atoms with Gasteiger partial charge in [-0.15, -0.1) is 0 Å². The Labute approximate surface area is 192 Å². The smallest absolute Gasteiger partial charge is 0.335 e. The largest absolute Gasteiger partial charge is 0.478 e. The number of carbonyl (C=O) groups is 2. The fraction of sp³-hybridized carbons (Fsp3) is 0.0870. The van der Waals surface area contributed by atoms with Crippen LogP contribution in [0.25, 0.3) is 11.8 Å². The molecule has 1 saturated heterocycles. The number of likely N-dealkylation sites (N-methyl/N-ethyl adjacent to an activating group) is 1. The summed E-state index contributed by atoms with van der Waals surface area (Å²) in [6, 6.07) is 16.0. The highest BCUT2D eigenvalue weighted by Gasteiger charge is 2.32. The van der Waals surface area contributed by atoms with Crippen LogP contribution in [0.2, 0.25) is 0 Å². The molecule has 4 rings (SSSR count). The first-order chi connectivity index (χ1) is 15.9. The van der Waals surface area contributed by atoms with Gasteiger partial charge in [0.25, 0.3) is 11.6 Å². The molecule has 2 aromatic carbocycles. The fourth-order valence-corrected chi connectivity index (χ4v) is 4.37. The van der Waals surface area contributed by atoms with Crippen LogP contribution in [0.1, 0.15) is 23.0 Å². The molecule has 1 aliphatic rings. The van der Waals surface area contributed by atoms with E-state index in [0.717, 1.165) is 0 Å². The Balaban J connectivity index is 1.68. The van der Waals surface area contributed by atoms with E-state index in [4.69, 9.17) is 0 Å². The van der Waals surface area contributed by atoms with E-state index < -0.39 is 10.9 Å². The highest BCUT2D eigenvalue weighted by molar-refractivity contribution is 8.18. The maximum Gasteiger partial charge on any atom is 0.335 e. The first-order valence-electron chi connectivity index (χ1n) is 9.93. The van der Waals surface area contributed by atoms with Crippen molar-refractivity contribution in [3.63, 3.8) is 0 Å². The zero-order valence-corrected chi connectivity index (χ0v) is 18.2. The van der Waals surface area contributed by atoms with Gasteiger partial charge in [0.2, 0.25) is 0 Å². The number of carboxylic acid groups (broad SMARTS) is 1. The fourth-order valence-electron chi connectivity index (χ4n) is 3.33. The van der Waals surface area contributed by atoms with Crippen LogP contribution in [0.15, 0.2) is 76.8 Å². The predicted molar refractivity (Wildman–Crippen MR) is 126 cm³/mol. The van der Waals surface area contributed by atoms with Crippen molar-refractivity contribution in [2.45, 2.75) is 6.92 Å². The molecular formula is C23H18N4O5S. The summed E-state index contributed by atoms with van der Waals surface area (Å²) in [5, 5.41) is 20.8. The summed E-state index contributed by atoms with van der Waals surface area (Å²) in [5.41, 5.74) is 1.80. The molecule has 3 aromatic rings. The standard InChI is InChI=1S/C23H18N4O5S/c1-2-25-21(28)20(33-23(25)24-16-7-3-6-15(12-16)22(29)30)14-18-10-5-11-26(18)17-8-4-9-19(13-17)27(31)32/h3-14H,2H2,1H3,(H,29,30)/b20-14+,24-23?. The molecule has 1 amide bonds. The number of aliphatic imine (C=N–C) groups is 1. The maximum absolute atomic E-state index is 13.0. The molecule has 1 aromatic heterocycles. The molecule has 2 heterocycles. The van der Waals surface area contributed by atoms with E-state index in [2.05, 4.69) is 4.99 Å². The number of carboxylic acids is 1. The molecule has 0 spiro atoms. The van der Waals surface area contributed by atoms with Crippen molar-refractivity contribution in [2.24, 2.45) is 4.99 Å². The van der Waals surface area contributed by atoms with E-state index in [1.807, 2.05) is 6.92 Å². The van der Waals surface area contributed by atoms with Crippen LogP contribution in [0.3, 0.4) is 0 Å². The lowest BCUT2D eigenvalue weighted by Crippen LogP contribution is -2.28. The number of non-ortho nitro benzene ring substituents is 1. The quantitative estimate of drug-likeness (QED) is 0.322. The summed E-state index contributed by atoms with van der Waals surface area (Å²) >= 11 is 1.19. The zero-order valence-electron chi connectivity index (χ0n) is 17.4. The van der Waals surface area contributed by atoms with Gasteiger partial charge in [0, 0.05) is 30.6 Å². The first-order valence-corrected chi connectivity index (χ1v) is 10.7. The Bertz CT molecular complexity index is 1330. The average Bonchev–Trinajstić information content (AvgIpc) is 3.38. The van der Waals surface area contributed by atoms with Crippen molar-refractivity contribution in [3.8, 4) is 5.69 Å². The van der Waals surface area contributed by atoms with Crippen LogP contribution in [-0.2, 0) is 4.79 Å². The third-order valence-electron chi connectivity index (χ3n) is 4.90. The van der Waals surface area contributed by atoms with Gasteiger partial charge in [-0.2, -0.15) is 0 Å². The molecule has 0 unspecified atom stereocenters. The number of nitrogens with zero attached hydrogens (tertiary/aromatic N) is 4. The molecule has 1 N–H and O–H groups in total. The summed E-state index contributed by atoms with van der Waals surface area (Å²) < 4.78 is 1.76. The number of carbonyl (C=O) groups excluding carboxylic acids is 1. The summed E-state index contributed by atoms with van der Waals surface area (Å²) in [6.07, 6.45) is 3.48. The second-order valence-electron chi connectivity index (χ2n) is 6.99. The molecular weight excluding hydrogens is 444 g/mol. The van der Waals surface area contributed by atoms with E-state index in [1.54, 1.807) is 53.2 Å². The van der Waals surface area contributed by atoms with Gasteiger partial charge in [-0.05, 0) is 61.2 Å². The second-order valence-corrected chi connectivity index (χ2v) is 8.00. The van der Waals surface area contributed by atoms with Crippen molar-refractivity contribution in [1.82, 2.24) is 9.47 Å². The number of aromatic carboxylic acids is 1. The molecule has 9 nitrogen and oxygen atoms in total. The number of amidine groups is 1. The minimum absolute atomic E-state index is 0.0266. The van der Waals surface area contributed by atoms with Crippen LogP contribution in [-0.4, -0.2) is 43.1 Å². The Kier molecular flexibility index (Phi) is 6.09.